The molecule has 0 fully saturated rings. The molecule has 0 unspecified atom stereocenters. The highest BCUT2D eigenvalue weighted by Crippen LogP contribution is 2.20. The molecule has 2 nitrogen and oxygen atoms in total. The number of nitrogens with zero attached hydrogens (tertiary/aromatic N) is 1. The molecule has 19 heavy (non-hydrogen) atoms. The van der Waals surface area contributed by atoms with Crippen LogP contribution in [0.3, 0.4) is 0 Å². The van der Waals surface area contributed by atoms with Gasteiger partial charge in [0.2, 0.25) is 0 Å². The number of hydrogen-bond acceptors (Lipinski definition) is 2. The average molecular weight is 275 g/mol. The van der Waals surface area contributed by atoms with Gasteiger partial charge in [0.15, 0.2) is 0 Å². The van der Waals surface area contributed by atoms with Gasteiger partial charge in [-0.3, -0.25) is 4.90 Å². The molecule has 2 aromatic rings. The Bertz CT molecular complexity index is 526. The van der Waals surface area contributed by atoms with Gasteiger partial charge in [-0.05, 0) is 29.8 Å². The molecule has 0 aliphatic rings. The minimum Gasteiger partial charge on any atom is -0.398 e. The van der Waals surface area contributed by atoms with E-state index < -0.39 is 0 Å². The van der Waals surface area contributed by atoms with Gasteiger partial charge in [0.1, 0.15) is 0 Å². The zero-order valence-electron chi connectivity index (χ0n) is 11.1. The molecule has 2 aromatic carbocycles. The van der Waals surface area contributed by atoms with Crippen molar-refractivity contribution in [2.75, 3.05) is 12.3 Å². The summed E-state index contributed by atoms with van der Waals surface area (Å²) in [6.45, 7) is 4.99. The third-order valence-electron chi connectivity index (χ3n) is 3.16. The van der Waals surface area contributed by atoms with Crippen LogP contribution in [-0.2, 0) is 13.1 Å². The van der Waals surface area contributed by atoms with E-state index in [2.05, 4.69) is 36.1 Å². The van der Waals surface area contributed by atoms with Gasteiger partial charge < -0.3 is 5.73 Å². The van der Waals surface area contributed by atoms with Crippen LogP contribution in [0.15, 0.2) is 48.5 Å². The molecule has 2 rings (SSSR count). The normalized spacial score (nSPS) is 10.9. The highest BCUT2D eigenvalue weighted by atomic mass is 35.5. The second-order valence-electron chi connectivity index (χ2n) is 4.64. The van der Waals surface area contributed by atoms with Crippen molar-refractivity contribution in [2.24, 2.45) is 0 Å². The molecule has 0 heterocycles. The van der Waals surface area contributed by atoms with Gasteiger partial charge in [-0.2, -0.15) is 0 Å². The fourth-order valence-electron chi connectivity index (χ4n) is 2.07. The third-order valence-corrected chi connectivity index (χ3v) is 3.51. The van der Waals surface area contributed by atoms with Gasteiger partial charge >= 0.3 is 0 Å². The molecule has 0 atom stereocenters. The fraction of sp³-hybridized carbons (Fsp3) is 0.250. The molecular formula is C16H19ClN2. The minimum atomic E-state index is 0.620. The van der Waals surface area contributed by atoms with E-state index in [-0.39, 0.29) is 0 Å². The van der Waals surface area contributed by atoms with Crippen LogP contribution in [0.2, 0.25) is 5.02 Å². The van der Waals surface area contributed by atoms with Crippen molar-refractivity contribution in [2.45, 2.75) is 20.0 Å². The monoisotopic (exact) mass is 274 g/mol. The third kappa shape index (κ3) is 3.98. The van der Waals surface area contributed by atoms with E-state index >= 15 is 0 Å². The summed E-state index contributed by atoms with van der Waals surface area (Å²) in [5.41, 5.74) is 9.01. The molecule has 0 bridgehead atoms. The number of anilines is 1. The number of rotatable bonds is 5. The lowest BCUT2D eigenvalue weighted by Crippen LogP contribution is -2.22. The Morgan fingerprint density at radius 1 is 1.00 bits per heavy atom. The Morgan fingerprint density at radius 2 is 1.68 bits per heavy atom. The zero-order chi connectivity index (χ0) is 13.7. The molecule has 0 aliphatic carbocycles. The van der Waals surface area contributed by atoms with E-state index in [9.17, 15) is 0 Å². The van der Waals surface area contributed by atoms with Crippen LogP contribution in [0.1, 0.15) is 18.1 Å². The van der Waals surface area contributed by atoms with E-state index in [0.717, 1.165) is 19.6 Å². The minimum absolute atomic E-state index is 0.620. The number of hydrogen-bond donors (Lipinski definition) is 1. The lowest BCUT2D eigenvalue weighted by Gasteiger charge is -2.21. The maximum atomic E-state index is 5.94. The van der Waals surface area contributed by atoms with Crippen LogP contribution < -0.4 is 5.73 Å². The first-order valence-electron chi connectivity index (χ1n) is 6.49. The van der Waals surface area contributed by atoms with Crippen LogP contribution in [0.25, 0.3) is 0 Å². The summed E-state index contributed by atoms with van der Waals surface area (Å²) in [6, 6.07) is 16.3. The molecule has 2 N–H and O–H groups in total. The topological polar surface area (TPSA) is 29.3 Å². The predicted octanol–water partition coefficient (Wildman–Crippen LogP) is 3.94. The maximum Gasteiger partial charge on any atom is 0.0635 e. The second kappa shape index (κ2) is 6.60. The SMILES string of the molecule is CCN(Cc1ccccc1)Cc1ccc(Cl)c(N)c1. The highest BCUT2D eigenvalue weighted by Gasteiger charge is 2.06. The van der Waals surface area contributed by atoms with Crippen molar-refractivity contribution >= 4 is 17.3 Å². The summed E-state index contributed by atoms with van der Waals surface area (Å²) in [6.07, 6.45) is 0. The molecule has 0 spiro atoms. The quantitative estimate of drug-likeness (QED) is 0.837. The van der Waals surface area contributed by atoms with Crippen molar-refractivity contribution < 1.29 is 0 Å². The van der Waals surface area contributed by atoms with Gasteiger partial charge in [0.05, 0.1) is 10.7 Å². The van der Waals surface area contributed by atoms with Crippen molar-refractivity contribution in [3.8, 4) is 0 Å². The summed E-state index contributed by atoms with van der Waals surface area (Å²) < 4.78 is 0. The van der Waals surface area contributed by atoms with Crippen molar-refractivity contribution in [1.29, 1.82) is 0 Å². The maximum absolute atomic E-state index is 5.94. The Kier molecular flexibility index (Phi) is 4.83. The van der Waals surface area contributed by atoms with Crippen LogP contribution >= 0.6 is 11.6 Å². The summed E-state index contributed by atoms with van der Waals surface area (Å²) in [5.74, 6) is 0. The van der Waals surface area contributed by atoms with Gasteiger partial charge in [-0.25, -0.2) is 0 Å². The smallest absolute Gasteiger partial charge is 0.0635 e. The largest absolute Gasteiger partial charge is 0.398 e. The molecule has 100 valence electrons. The molecule has 0 saturated carbocycles. The summed E-state index contributed by atoms with van der Waals surface area (Å²) in [5, 5.41) is 0.620. The van der Waals surface area contributed by atoms with E-state index in [1.165, 1.54) is 11.1 Å². The lowest BCUT2D eigenvalue weighted by atomic mass is 10.1. The van der Waals surface area contributed by atoms with Crippen LogP contribution in [0.5, 0.6) is 0 Å². The van der Waals surface area contributed by atoms with E-state index in [0.29, 0.717) is 10.7 Å². The van der Waals surface area contributed by atoms with E-state index in [1.807, 2.05) is 24.3 Å². The first kappa shape index (κ1) is 13.9. The van der Waals surface area contributed by atoms with Gasteiger partial charge in [0, 0.05) is 13.1 Å². The molecule has 0 aliphatic heterocycles. The summed E-state index contributed by atoms with van der Waals surface area (Å²) >= 11 is 5.94. The number of halogens is 1. The van der Waals surface area contributed by atoms with Gasteiger partial charge in [-0.1, -0.05) is 54.9 Å². The number of nitrogen functional groups attached to an aromatic ring is 1. The van der Waals surface area contributed by atoms with Crippen LogP contribution in [0.4, 0.5) is 5.69 Å². The summed E-state index contributed by atoms with van der Waals surface area (Å²) in [4.78, 5) is 2.37. The Balaban J connectivity index is 2.04. The second-order valence-corrected chi connectivity index (χ2v) is 5.05. The zero-order valence-corrected chi connectivity index (χ0v) is 11.9. The number of nitrogens with two attached hydrogens (primary N) is 1. The fourth-order valence-corrected chi connectivity index (χ4v) is 2.19. The van der Waals surface area contributed by atoms with Crippen molar-refractivity contribution in [1.82, 2.24) is 4.90 Å². The Hall–Kier alpha value is -1.51. The average Bonchev–Trinajstić information content (AvgIpc) is 2.43. The van der Waals surface area contributed by atoms with Crippen molar-refractivity contribution in [3.05, 3.63) is 64.7 Å². The van der Waals surface area contributed by atoms with E-state index in [4.69, 9.17) is 17.3 Å². The molecular weight excluding hydrogens is 256 g/mol. The first-order valence-corrected chi connectivity index (χ1v) is 6.87. The van der Waals surface area contributed by atoms with Crippen LogP contribution in [0, 0.1) is 0 Å². The lowest BCUT2D eigenvalue weighted by molar-refractivity contribution is 0.271. The van der Waals surface area contributed by atoms with Crippen molar-refractivity contribution in [3.63, 3.8) is 0 Å². The molecule has 0 radical (unpaired) electrons. The van der Waals surface area contributed by atoms with Crippen LogP contribution in [-0.4, -0.2) is 11.4 Å². The molecule has 0 amide bonds. The van der Waals surface area contributed by atoms with Gasteiger partial charge in [-0.15, -0.1) is 0 Å². The standard InChI is InChI=1S/C16H19ClN2/c1-2-19(11-13-6-4-3-5-7-13)12-14-8-9-15(17)16(18)10-14/h3-10H,2,11-12,18H2,1H3. The summed E-state index contributed by atoms with van der Waals surface area (Å²) in [7, 11) is 0. The first-order chi connectivity index (χ1) is 9.19. The molecule has 0 aromatic heterocycles. The van der Waals surface area contributed by atoms with E-state index in [1.54, 1.807) is 0 Å². The highest BCUT2D eigenvalue weighted by molar-refractivity contribution is 6.33. The molecule has 0 saturated heterocycles. The number of benzene rings is 2. The Morgan fingerprint density at radius 3 is 2.32 bits per heavy atom. The molecule has 3 heteroatoms. The van der Waals surface area contributed by atoms with Gasteiger partial charge in [0.25, 0.3) is 0 Å². The predicted molar refractivity (Wildman–Crippen MR) is 82.1 cm³/mol. The Labute approximate surface area is 119 Å².